The Balaban J connectivity index is 2.07. The molecule has 1 fully saturated rings. The van der Waals surface area contributed by atoms with E-state index in [9.17, 15) is 4.79 Å². The van der Waals surface area contributed by atoms with Gasteiger partial charge in [0.25, 0.3) is 0 Å². The fourth-order valence-corrected chi connectivity index (χ4v) is 2.33. The van der Waals surface area contributed by atoms with E-state index in [0.717, 1.165) is 16.5 Å². The molecule has 4 nitrogen and oxygen atoms in total. The van der Waals surface area contributed by atoms with Crippen molar-refractivity contribution < 1.29 is 9.90 Å². The predicted molar refractivity (Wildman–Crippen MR) is 61.5 cm³/mol. The lowest BCUT2D eigenvalue weighted by atomic mass is 10.1. The van der Waals surface area contributed by atoms with Crippen molar-refractivity contribution >= 4 is 16.9 Å². The monoisotopic (exact) mass is 226 g/mol. The third kappa shape index (κ3) is 1.48. The molecule has 1 aliphatic carbocycles. The molecule has 17 heavy (non-hydrogen) atoms. The van der Waals surface area contributed by atoms with Crippen molar-refractivity contribution in [2.24, 2.45) is 5.92 Å². The van der Waals surface area contributed by atoms with Gasteiger partial charge in [0.05, 0.1) is 17.6 Å². The molecule has 0 spiro atoms. The van der Waals surface area contributed by atoms with Gasteiger partial charge in [-0.2, -0.15) is 5.26 Å². The van der Waals surface area contributed by atoms with Crippen molar-refractivity contribution in [2.45, 2.75) is 12.3 Å². The van der Waals surface area contributed by atoms with Gasteiger partial charge in [0.2, 0.25) is 0 Å². The molecule has 1 heterocycles. The third-order valence-electron chi connectivity index (χ3n) is 3.35. The highest BCUT2D eigenvalue weighted by atomic mass is 16.4. The molecule has 1 aliphatic rings. The topological polar surface area (TPSA) is 76.9 Å². The molecule has 0 unspecified atom stereocenters. The van der Waals surface area contributed by atoms with Gasteiger partial charge >= 0.3 is 5.97 Å². The summed E-state index contributed by atoms with van der Waals surface area (Å²) in [6.07, 6.45) is 2.55. The molecule has 2 N–H and O–H groups in total. The lowest BCUT2D eigenvalue weighted by molar-refractivity contribution is -0.138. The quantitative estimate of drug-likeness (QED) is 0.824. The van der Waals surface area contributed by atoms with Crippen molar-refractivity contribution in [1.82, 2.24) is 4.98 Å². The Morgan fingerprint density at radius 1 is 1.53 bits per heavy atom. The molecule has 0 aliphatic heterocycles. The van der Waals surface area contributed by atoms with Gasteiger partial charge in [0.1, 0.15) is 0 Å². The van der Waals surface area contributed by atoms with Gasteiger partial charge in [0.15, 0.2) is 0 Å². The molecular formula is C13H10N2O2. The van der Waals surface area contributed by atoms with Gasteiger partial charge in [-0.1, -0.05) is 0 Å². The van der Waals surface area contributed by atoms with Crippen LogP contribution < -0.4 is 0 Å². The highest BCUT2D eigenvalue weighted by Gasteiger charge is 2.45. The third-order valence-corrected chi connectivity index (χ3v) is 3.35. The normalized spacial score (nSPS) is 22.3. The Morgan fingerprint density at radius 3 is 3.00 bits per heavy atom. The number of fused-ring (bicyclic) bond motifs is 1. The van der Waals surface area contributed by atoms with E-state index in [1.165, 1.54) is 0 Å². The number of aliphatic carboxylic acids is 1. The summed E-state index contributed by atoms with van der Waals surface area (Å²) in [5.41, 5.74) is 2.57. The Labute approximate surface area is 97.5 Å². The minimum Gasteiger partial charge on any atom is -0.481 e. The second-order valence-electron chi connectivity index (χ2n) is 4.40. The van der Waals surface area contributed by atoms with Crippen LogP contribution in [-0.4, -0.2) is 16.1 Å². The molecule has 0 bridgehead atoms. The number of nitrogens with zero attached hydrogens (tertiary/aromatic N) is 1. The lowest BCUT2D eigenvalue weighted by Gasteiger charge is -1.96. The largest absolute Gasteiger partial charge is 0.481 e. The highest BCUT2D eigenvalue weighted by molar-refractivity contribution is 5.87. The van der Waals surface area contributed by atoms with E-state index in [0.29, 0.717) is 12.0 Å². The average Bonchev–Trinajstić information content (AvgIpc) is 3.02. The SMILES string of the molecule is N#Cc1ccc2[nH]cc([C@@H]3C[C@H]3C(=O)O)c2c1. The van der Waals surface area contributed by atoms with Crippen LogP contribution in [-0.2, 0) is 4.79 Å². The van der Waals surface area contributed by atoms with Gasteiger partial charge in [0, 0.05) is 23.0 Å². The first-order valence-electron chi connectivity index (χ1n) is 5.44. The molecule has 1 aromatic carbocycles. The van der Waals surface area contributed by atoms with Crippen molar-refractivity contribution in [2.75, 3.05) is 0 Å². The van der Waals surface area contributed by atoms with Gasteiger partial charge in [-0.05, 0) is 30.2 Å². The number of rotatable bonds is 2. The van der Waals surface area contributed by atoms with Crippen LogP contribution in [0.3, 0.4) is 0 Å². The fourth-order valence-electron chi connectivity index (χ4n) is 2.33. The van der Waals surface area contributed by atoms with Gasteiger partial charge in [-0.25, -0.2) is 0 Å². The smallest absolute Gasteiger partial charge is 0.307 e. The minimum atomic E-state index is -0.735. The summed E-state index contributed by atoms with van der Waals surface area (Å²) in [6, 6.07) is 7.53. The average molecular weight is 226 g/mol. The number of nitriles is 1. The zero-order valence-electron chi connectivity index (χ0n) is 8.97. The number of hydrogen-bond donors (Lipinski definition) is 2. The van der Waals surface area contributed by atoms with Crippen LogP contribution in [0.1, 0.15) is 23.5 Å². The molecule has 84 valence electrons. The number of benzene rings is 1. The first kappa shape index (κ1) is 9.91. The number of aromatic nitrogens is 1. The van der Waals surface area contributed by atoms with Crippen molar-refractivity contribution in [1.29, 1.82) is 5.26 Å². The highest BCUT2D eigenvalue weighted by Crippen LogP contribution is 2.49. The number of carboxylic acids is 1. The van der Waals surface area contributed by atoms with E-state index >= 15 is 0 Å². The van der Waals surface area contributed by atoms with Gasteiger partial charge in [-0.3, -0.25) is 4.79 Å². The second-order valence-corrected chi connectivity index (χ2v) is 4.40. The standard InChI is InChI=1S/C13H10N2O2/c14-5-7-1-2-12-9(3-7)11(6-15-12)8-4-10(8)13(16)17/h1-3,6,8,10,15H,4H2,(H,16,17)/t8-,10-/m1/s1. The van der Waals surface area contributed by atoms with E-state index in [1.807, 2.05) is 18.3 Å². The maximum absolute atomic E-state index is 10.9. The summed E-state index contributed by atoms with van der Waals surface area (Å²) in [5, 5.41) is 18.8. The lowest BCUT2D eigenvalue weighted by Crippen LogP contribution is -1.98. The Hall–Kier alpha value is -2.28. The Bertz CT molecular complexity index is 651. The number of nitrogens with one attached hydrogen (secondary N) is 1. The molecule has 0 saturated heterocycles. The van der Waals surface area contributed by atoms with Crippen molar-refractivity contribution in [3.8, 4) is 6.07 Å². The summed E-state index contributed by atoms with van der Waals surface area (Å²) in [5.74, 6) is -0.907. The van der Waals surface area contributed by atoms with Crippen LogP contribution in [0.15, 0.2) is 24.4 Å². The number of carboxylic acid groups (broad SMARTS) is 1. The molecule has 0 amide bonds. The van der Waals surface area contributed by atoms with Gasteiger partial charge < -0.3 is 10.1 Å². The molecule has 1 saturated carbocycles. The predicted octanol–water partition coefficient (Wildman–Crippen LogP) is 2.23. The van der Waals surface area contributed by atoms with Crippen LogP contribution in [0, 0.1) is 17.2 Å². The number of carbonyl (C=O) groups is 1. The second kappa shape index (κ2) is 3.36. The Morgan fingerprint density at radius 2 is 2.35 bits per heavy atom. The first-order valence-corrected chi connectivity index (χ1v) is 5.44. The van der Waals surface area contributed by atoms with E-state index in [1.54, 1.807) is 6.07 Å². The molecule has 2 atom stereocenters. The summed E-state index contributed by atoms with van der Waals surface area (Å²) in [7, 11) is 0. The van der Waals surface area contributed by atoms with Crippen LogP contribution >= 0.6 is 0 Å². The molecule has 4 heteroatoms. The van der Waals surface area contributed by atoms with E-state index in [-0.39, 0.29) is 11.8 Å². The molecular weight excluding hydrogens is 216 g/mol. The number of aromatic amines is 1. The van der Waals surface area contributed by atoms with Crippen LogP contribution in [0.4, 0.5) is 0 Å². The molecule has 3 rings (SSSR count). The van der Waals surface area contributed by atoms with E-state index < -0.39 is 5.97 Å². The zero-order valence-corrected chi connectivity index (χ0v) is 8.97. The first-order chi connectivity index (χ1) is 8.20. The molecule has 0 radical (unpaired) electrons. The summed E-state index contributed by atoms with van der Waals surface area (Å²) < 4.78 is 0. The molecule has 1 aromatic heterocycles. The number of hydrogen-bond acceptors (Lipinski definition) is 2. The van der Waals surface area contributed by atoms with E-state index in [4.69, 9.17) is 10.4 Å². The summed E-state index contributed by atoms with van der Waals surface area (Å²) >= 11 is 0. The molecule has 2 aromatic rings. The number of H-pyrrole nitrogens is 1. The van der Waals surface area contributed by atoms with Crippen LogP contribution in [0.2, 0.25) is 0 Å². The van der Waals surface area contributed by atoms with Crippen molar-refractivity contribution in [3.63, 3.8) is 0 Å². The van der Waals surface area contributed by atoms with Gasteiger partial charge in [-0.15, -0.1) is 0 Å². The fraction of sp³-hybridized carbons (Fsp3) is 0.231. The zero-order chi connectivity index (χ0) is 12.0. The summed E-state index contributed by atoms with van der Waals surface area (Å²) in [6.45, 7) is 0. The van der Waals surface area contributed by atoms with E-state index in [2.05, 4.69) is 11.1 Å². The Kier molecular flexibility index (Phi) is 1.96. The maximum atomic E-state index is 10.9. The van der Waals surface area contributed by atoms with Crippen molar-refractivity contribution in [3.05, 3.63) is 35.5 Å². The minimum absolute atomic E-state index is 0.0928. The maximum Gasteiger partial charge on any atom is 0.307 e. The summed E-state index contributed by atoms with van der Waals surface area (Å²) in [4.78, 5) is 14.0. The van der Waals surface area contributed by atoms with Crippen LogP contribution in [0.25, 0.3) is 10.9 Å². The van der Waals surface area contributed by atoms with Crippen LogP contribution in [0.5, 0.6) is 0 Å².